The van der Waals surface area contributed by atoms with Crippen molar-refractivity contribution < 1.29 is 9.53 Å². The minimum absolute atomic E-state index is 0.0807. The van der Waals surface area contributed by atoms with E-state index in [1.54, 1.807) is 6.20 Å². The van der Waals surface area contributed by atoms with Gasteiger partial charge in [0, 0.05) is 12.4 Å². The number of rotatable bonds is 6. The van der Waals surface area contributed by atoms with Crippen LogP contribution in [0, 0.1) is 12.8 Å². The van der Waals surface area contributed by atoms with Gasteiger partial charge in [0.1, 0.15) is 0 Å². The molecule has 0 saturated heterocycles. The number of nitrogens with zero attached hydrogens (tertiary/aromatic N) is 1. The number of pyridine rings is 1. The highest BCUT2D eigenvalue weighted by Crippen LogP contribution is 2.24. The van der Waals surface area contributed by atoms with Gasteiger partial charge in [0.05, 0.1) is 12.5 Å². The van der Waals surface area contributed by atoms with E-state index >= 15 is 0 Å². The van der Waals surface area contributed by atoms with Gasteiger partial charge in [-0.05, 0) is 55.0 Å². The van der Waals surface area contributed by atoms with Gasteiger partial charge >= 0.3 is 5.97 Å². The SMILES string of the molecule is CCOC(=O)C(CC)Cc1cc(-c2cccnc2)ccc1C. The molecule has 22 heavy (non-hydrogen) atoms. The van der Waals surface area contributed by atoms with Gasteiger partial charge < -0.3 is 4.74 Å². The van der Waals surface area contributed by atoms with Crippen LogP contribution in [0.4, 0.5) is 0 Å². The number of carbonyl (C=O) groups is 1. The summed E-state index contributed by atoms with van der Waals surface area (Å²) in [5.41, 5.74) is 4.62. The summed E-state index contributed by atoms with van der Waals surface area (Å²) < 4.78 is 5.17. The molecule has 0 fully saturated rings. The van der Waals surface area contributed by atoms with Crippen LogP contribution in [0.1, 0.15) is 31.4 Å². The number of hydrogen-bond acceptors (Lipinski definition) is 3. The smallest absolute Gasteiger partial charge is 0.309 e. The molecule has 2 aromatic rings. The van der Waals surface area contributed by atoms with Gasteiger partial charge in [-0.15, -0.1) is 0 Å². The Kier molecular flexibility index (Phi) is 5.70. The topological polar surface area (TPSA) is 39.2 Å². The molecule has 0 aliphatic carbocycles. The molecule has 0 N–H and O–H groups in total. The van der Waals surface area contributed by atoms with Gasteiger partial charge in [-0.25, -0.2) is 0 Å². The first-order valence-electron chi connectivity index (χ1n) is 7.82. The summed E-state index contributed by atoms with van der Waals surface area (Å²) in [5.74, 6) is -0.182. The number of esters is 1. The Morgan fingerprint density at radius 3 is 2.68 bits per heavy atom. The third-order valence-electron chi connectivity index (χ3n) is 3.92. The maximum Gasteiger partial charge on any atom is 0.309 e. The minimum atomic E-state index is -0.101. The molecule has 3 heteroatoms. The highest BCUT2D eigenvalue weighted by atomic mass is 16.5. The van der Waals surface area contributed by atoms with E-state index in [9.17, 15) is 4.79 Å². The molecule has 0 aliphatic heterocycles. The quantitative estimate of drug-likeness (QED) is 0.751. The van der Waals surface area contributed by atoms with E-state index in [4.69, 9.17) is 4.74 Å². The molecule has 0 radical (unpaired) electrons. The predicted molar refractivity (Wildman–Crippen MR) is 88.5 cm³/mol. The number of benzene rings is 1. The summed E-state index contributed by atoms with van der Waals surface area (Å²) in [6.07, 6.45) is 5.13. The molecule has 1 aromatic heterocycles. The number of ether oxygens (including phenoxy) is 1. The first-order chi connectivity index (χ1) is 10.7. The lowest BCUT2D eigenvalue weighted by molar-refractivity contribution is -0.148. The standard InChI is InChI=1S/C19H23NO2/c1-4-15(19(21)22-5-2)11-18-12-16(9-8-14(18)3)17-7-6-10-20-13-17/h6-10,12-13,15H,4-5,11H2,1-3H3. The Bertz CT molecular complexity index is 623. The van der Waals surface area contributed by atoms with Crippen LogP contribution in [0.25, 0.3) is 11.1 Å². The Morgan fingerprint density at radius 2 is 2.05 bits per heavy atom. The molecule has 1 unspecified atom stereocenters. The van der Waals surface area contributed by atoms with Crippen LogP contribution in [0.5, 0.6) is 0 Å². The number of aromatic nitrogens is 1. The Morgan fingerprint density at radius 1 is 1.23 bits per heavy atom. The Labute approximate surface area is 132 Å². The molecule has 1 atom stereocenters. The van der Waals surface area contributed by atoms with E-state index in [0.29, 0.717) is 6.61 Å². The molecule has 1 heterocycles. The van der Waals surface area contributed by atoms with Gasteiger partial charge in [0.2, 0.25) is 0 Å². The Hall–Kier alpha value is -2.16. The van der Waals surface area contributed by atoms with Crippen molar-refractivity contribution in [2.75, 3.05) is 6.61 Å². The molecule has 0 amide bonds. The summed E-state index contributed by atoms with van der Waals surface area (Å²) in [4.78, 5) is 16.2. The van der Waals surface area contributed by atoms with Crippen molar-refractivity contribution in [2.45, 2.75) is 33.6 Å². The lowest BCUT2D eigenvalue weighted by atomic mass is 9.92. The maximum absolute atomic E-state index is 12.0. The van der Waals surface area contributed by atoms with Crippen LogP contribution in [0.2, 0.25) is 0 Å². The molecule has 0 saturated carbocycles. The largest absolute Gasteiger partial charge is 0.466 e. The van der Waals surface area contributed by atoms with E-state index in [1.807, 2.05) is 32.2 Å². The zero-order valence-corrected chi connectivity index (χ0v) is 13.5. The van der Waals surface area contributed by atoms with E-state index in [1.165, 1.54) is 11.1 Å². The van der Waals surface area contributed by atoms with Crippen molar-refractivity contribution >= 4 is 5.97 Å². The second-order valence-electron chi connectivity index (χ2n) is 5.44. The fourth-order valence-electron chi connectivity index (χ4n) is 2.52. The molecule has 3 nitrogen and oxygen atoms in total. The number of carbonyl (C=O) groups excluding carboxylic acids is 1. The van der Waals surface area contributed by atoms with Crippen LogP contribution >= 0.6 is 0 Å². The summed E-state index contributed by atoms with van der Waals surface area (Å²) in [6, 6.07) is 10.3. The van der Waals surface area contributed by atoms with E-state index in [0.717, 1.165) is 24.0 Å². The lowest BCUT2D eigenvalue weighted by Crippen LogP contribution is -2.19. The van der Waals surface area contributed by atoms with Gasteiger partial charge in [-0.3, -0.25) is 9.78 Å². The van der Waals surface area contributed by atoms with Crippen LogP contribution in [0.15, 0.2) is 42.7 Å². The van der Waals surface area contributed by atoms with Crippen LogP contribution in [-0.4, -0.2) is 17.6 Å². The normalized spacial score (nSPS) is 12.0. The first kappa shape index (κ1) is 16.2. The van der Waals surface area contributed by atoms with Gasteiger partial charge in [-0.2, -0.15) is 0 Å². The van der Waals surface area contributed by atoms with Crippen LogP contribution < -0.4 is 0 Å². The second kappa shape index (κ2) is 7.74. The molecular formula is C19H23NO2. The fraction of sp³-hybridized carbons (Fsp3) is 0.368. The van der Waals surface area contributed by atoms with Gasteiger partial charge in [0.25, 0.3) is 0 Å². The summed E-state index contributed by atoms with van der Waals surface area (Å²) in [7, 11) is 0. The van der Waals surface area contributed by atoms with Crippen molar-refractivity contribution in [1.82, 2.24) is 4.98 Å². The molecule has 0 spiro atoms. The summed E-state index contributed by atoms with van der Waals surface area (Å²) in [5, 5.41) is 0. The molecule has 116 valence electrons. The highest BCUT2D eigenvalue weighted by molar-refractivity contribution is 5.73. The number of hydrogen-bond donors (Lipinski definition) is 0. The van der Waals surface area contributed by atoms with E-state index in [2.05, 4.69) is 30.1 Å². The third kappa shape index (κ3) is 3.94. The predicted octanol–water partition coefficient (Wildman–Crippen LogP) is 4.19. The molecule has 2 rings (SSSR count). The van der Waals surface area contributed by atoms with Gasteiger partial charge in [0.15, 0.2) is 0 Å². The molecule has 0 aliphatic rings. The zero-order chi connectivity index (χ0) is 15.9. The lowest BCUT2D eigenvalue weighted by Gasteiger charge is -2.16. The summed E-state index contributed by atoms with van der Waals surface area (Å²) >= 11 is 0. The Balaban J connectivity index is 2.25. The highest BCUT2D eigenvalue weighted by Gasteiger charge is 2.19. The van der Waals surface area contributed by atoms with Crippen molar-refractivity contribution in [3.8, 4) is 11.1 Å². The van der Waals surface area contributed by atoms with E-state index < -0.39 is 0 Å². The average molecular weight is 297 g/mol. The average Bonchev–Trinajstić information content (AvgIpc) is 2.55. The van der Waals surface area contributed by atoms with Crippen molar-refractivity contribution in [1.29, 1.82) is 0 Å². The van der Waals surface area contributed by atoms with Crippen LogP contribution in [0.3, 0.4) is 0 Å². The molecule has 1 aromatic carbocycles. The molecule has 0 bridgehead atoms. The van der Waals surface area contributed by atoms with E-state index in [-0.39, 0.29) is 11.9 Å². The fourth-order valence-corrected chi connectivity index (χ4v) is 2.52. The summed E-state index contributed by atoms with van der Waals surface area (Å²) in [6.45, 7) is 6.39. The van der Waals surface area contributed by atoms with Gasteiger partial charge in [-0.1, -0.05) is 31.2 Å². The monoisotopic (exact) mass is 297 g/mol. The van der Waals surface area contributed by atoms with Crippen molar-refractivity contribution in [3.63, 3.8) is 0 Å². The van der Waals surface area contributed by atoms with Crippen molar-refractivity contribution in [2.24, 2.45) is 5.92 Å². The molecular weight excluding hydrogens is 274 g/mol. The third-order valence-corrected chi connectivity index (χ3v) is 3.92. The maximum atomic E-state index is 12.0. The zero-order valence-electron chi connectivity index (χ0n) is 13.5. The second-order valence-corrected chi connectivity index (χ2v) is 5.44. The number of aryl methyl sites for hydroxylation is 1. The van der Waals surface area contributed by atoms with Crippen LogP contribution in [-0.2, 0) is 16.0 Å². The van der Waals surface area contributed by atoms with Crippen molar-refractivity contribution in [3.05, 3.63) is 53.9 Å². The minimum Gasteiger partial charge on any atom is -0.466 e. The first-order valence-corrected chi connectivity index (χ1v) is 7.82.